The Morgan fingerprint density at radius 2 is 1.89 bits per heavy atom. The normalized spacial score (nSPS) is 13.4. The maximum absolute atomic E-state index is 12.7. The monoisotopic (exact) mass is 381 g/mol. The molecule has 1 aromatic heterocycles. The molecular formula is C22H27N3O3. The first-order valence-electron chi connectivity index (χ1n) is 9.61. The molecule has 0 spiro atoms. The second-order valence-electron chi connectivity index (χ2n) is 6.71. The lowest BCUT2D eigenvalue weighted by Crippen LogP contribution is -2.15. The first-order chi connectivity index (χ1) is 13.7. The third-order valence-corrected chi connectivity index (χ3v) is 4.82. The molecule has 1 amide bonds. The van der Waals surface area contributed by atoms with E-state index in [1.165, 1.54) is 39.9 Å². The molecule has 0 aliphatic heterocycles. The number of allylic oxidation sites excluding steroid dienone is 1. The van der Waals surface area contributed by atoms with E-state index in [4.69, 9.17) is 9.47 Å². The molecule has 0 fully saturated rings. The van der Waals surface area contributed by atoms with Gasteiger partial charge in [0.2, 0.25) is 0 Å². The van der Waals surface area contributed by atoms with Gasteiger partial charge in [-0.1, -0.05) is 17.7 Å². The van der Waals surface area contributed by atoms with Crippen molar-refractivity contribution in [3.63, 3.8) is 0 Å². The number of aromatic nitrogens is 1. The van der Waals surface area contributed by atoms with Crippen LogP contribution < -0.4 is 20.1 Å². The maximum Gasteiger partial charge on any atom is 0.264 e. The van der Waals surface area contributed by atoms with Gasteiger partial charge in [-0.3, -0.25) is 4.79 Å². The van der Waals surface area contributed by atoms with Crippen LogP contribution in [0.3, 0.4) is 0 Å². The van der Waals surface area contributed by atoms with Crippen molar-refractivity contribution in [1.29, 1.82) is 0 Å². The molecule has 0 saturated heterocycles. The lowest BCUT2D eigenvalue weighted by atomic mass is 9.97. The molecule has 1 aliphatic rings. The summed E-state index contributed by atoms with van der Waals surface area (Å²) in [7, 11) is 3.04. The summed E-state index contributed by atoms with van der Waals surface area (Å²) in [5.74, 6) is 1.05. The van der Waals surface area contributed by atoms with E-state index in [1.807, 2.05) is 6.07 Å². The van der Waals surface area contributed by atoms with Crippen molar-refractivity contribution >= 4 is 17.4 Å². The van der Waals surface area contributed by atoms with Gasteiger partial charge in [0.1, 0.15) is 22.9 Å². The Bertz CT molecular complexity index is 809. The van der Waals surface area contributed by atoms with Gasteiger partial charge in [0.05, 0.1) is 26.1 Å². The largest absolute Gasteiger partial charge is 0.496 e. The van der Waals surface area contributed by atoms with Crippen LogP contribution >= 0.6 is 0 Å². The van der Waals surface area contributed by atoms with Crippen molar-refractivity contribution in [3.8, 4) is 11.5 Å². The van der Waals surface area contributed by atoms with Gasteiger partial charge in [-0.25, -0.2) is 4.98 Å². The Kier molecular flexibility index (Phi) is 6.89. The summed E-state index contributed by atoms with van der Waals surface area (Å²) in [6, 6.07) is 8.91. The predicted molar refractivity (Wildman–Crippen MR) is 111 cm³/mol. The fourth-order valence-electron chi connectivity index (χ4n) is 3.33. The maximum atomic E-state index is 12.7. The van der Waals surface area contributed by atoms with E-state index in [9.17, 15) is 4.79 Å². The van der Waals surface area contributed by atoms with Crippen LogP contribution in [0, 0.1) is 0 Å². The number of amides is 1. The number of methoxy groups -OCH3 is 2. The van der Waals surface area contributed by atoms with Crippen LogP contribution in [0.15, 0.2) is 48.2 Å². The van der Waals surface area contributed by atoms with Crippen molar-refractivity contribution < 1.29 is 14.3 Å². The molecule has 6 nitrogen and oxygen atoms in total. The number of pyridine rings is 1. The second-order valence-corrected chi connectivity index (χ2v) is 6.71. The molecule has 0 atom stereocenters. The van der Waals surface area contributed by atoms with Crippen LogP contribution in [0.1, 0.15) is 42.5 Å². The van der Waals surface area contributed by atoms with E-state index < -0.39 is 0 Å². The van der Waals surface area contributed by atoms with Crippen molar-refractivity contribution in [2.75, 3.05) is 31.4 Å². The molecule has 0 unspecified atom stereocenters. The van der Waals surface area contributed by atoms with Gasteiger partial charge in [-0.2, -0.15) is 0 Å². The number of ether oxygens (including phenoxy) is 2. The first kappa shape index (κ1) is 19.7. The lowest BCUT2D eigenvalue weighted by Gasteiger charge is -2.14. The highest BCUT2D eigenvalue weighted by atomic mass is 16.5. The van der Waals surface area contributed by atoms with Crippen LogP contribution in [0.2, 0.25) is 0 Å². The Morgan fingerprint density at radius 1 is 1.11 bits per heavy atom. The summed E-state index contributed by atoms with van der Waals surface area (Å²) >= 11 is 0. The van der Waals surface area contributed by atoms with E-state index in [1.54, 1.807) is 36.0 Å². The molecule has 0 bridgehead atoms. The van der Waals surface area contributed by atoms with Crippen LogP contribution in [-0.2, 0) is 0 Å². The molecule has 2 aromatic rings. The molecule has 3 rings (SSSR count). The third kappa shape index (κ3) is 5.03. The van der Waals surface area contributed by atoms with Crippen molar-refractivity contribution in [3.05, 3.63) is 53.7 Å². The van der Waals surface area contributed by atoms with Gasteiger partial charge in [0.25, 0.3) is 5.91 Å². The lowest BCUT2D eigenvalue weighted by molar-refractivity contribution is 0.102. The number of nitrogens with one attached hydrogen (secondary N) is 2. The topological polar surface area (TPSA) is 72.5 Å². The van der Waals surface area contributed by atoms with E-state index in [2.05, 4.69) is 21.7 Å². The second kappa shape index (κ2) is 9.78. The fourth-order valence-corrected chi connectivity index (χ4v) is 3.33. The quantitative estimate of drug-likeness (QED) is 0.651. The number of carbonyl (C=O) groups is 1. The zero-order valence-corrected chi connectivity index (χ0v) is 16.5. The Hall–Kier alpha value is -3.02. The number of benzene rings is 1. The van der Waals surface area contributed by atoms with Gasteiger partial charge in [0, 0.05) is 6.54 Å². The molecule has 6 heteroatoms. The Labute approximate surface area is 166 Å². The molecule has 0 radical (unpaired) electrons. The van der Waals surface area contributed by atoms with Crippen LogP contribution in [-0.4, -0.2) is 31.7 Å². The molecule has 28 heavy (non-hydrogen) atoms. The molecule has 1 heterocycles. The minimum Gasteiger partial charge on any atom is -0.496 e. The number of hydrogen-bond acceptors (Lipinski definition) is 5. The third-order valence-electron chi connectivity index (χ3n) is 4.82. The van der Waals surface area contributed by atoms with Gasteiger partial charge in [-0.05, 0) is 56.4 Å². The number of rotatable bonds is 8. The zero-order chi connectivity index (χ0) is 19.8. The molecule has 148 valence electrons. The average molecular weight is 381 g/mol. The summed E-state index contributed by atoms with van der Waals surface area (Å²) in [6.45, 7) is 0.887. The summed E-state index contributed by atoms with van der Waals surface area (Å²) in [4.78, 5) is 17.0. The van der Waals surface area contributed by atoms with E-state index in [0.717, 1.165) is 18.7 Å². The van der Waals surface area contributed by atoms with Crippen LogP contribution in [0.25, 0.3) is 0 Å². The zero-order valence-electron chi connectivity index (χ0n) is 16.5. The van der Waals surface area contributed by atoms with E-state index in [0.29, 0.717) is 22.9 Å². The number of nitrogens with zero attached hydrogens (tertiary/aromatic N) is 1. The van der Waals surface area contributed by atoms with E-state index in [-0.39, 0.29) is 5.91 Å². The first-order valence-corrected chi connectivity index (χ1v) is 9.61. The fraction of sp³-hybridized carbons (Fsp3) is 0.364. The predicted octanol–water partition coefficient (Wildman–Crippen LogP) is 4.65. The van der Waals surface area contributed by atoms with Crippen LogP contribution in [0.5, 0.6) is 11.5 Å². The van der Waals surface area contributed by atoms with Crippen molar-refractivity contribution in [2.45, 2.75) is 32.1 Å². The smallest absolute Gasteiger partial charge is 0.264 e. The molecule has 0 saturated carbocycles. The molecule has 2 N–H and O–H groups in total. The number of anilines is 2. The number of hydrogen-bond donors (Lipinski definition) is 2. The molecule has 1 aromatic carbocycles. The number of carbonyl (C=O) groups excluding carboxylic acids is 1. The van der Waals surface area contributed by atoms with Gasteiger partial charge >= 0.3 is 0 Å². The summed E-state index contributed by atoms with van der Waals surface area (Å²) in [6.07, 6.45) is 10.2. The highest BCUT2D eigenvalue weighted by Crippen LogP contribution is 2.29. The van der Waals surface area contributed by atoms with Crippen LogP contribution in [0.4, 0.5) is 11.5 Å². The summed E-state index contributed by atoms with van der Waals surface area (Å²) < 4.78 is 10.6. The van der Waals surface area contributed by atoms with Crippen molar-refractivity contribution in [2.24, 2.45) is 0 Å². The van der Waals surface area contributed by atoms with E-state index >= 15 is 0 Å². The molecule has 1 aliphatic carbocycles. The minimum absolute atomic E-state index is 0.327. The van der Waals surface area contributed by atoms with Gasteiger partial charge in [0.15, 0.2) is 0 Å². The molecular weight excluding hydrogens is 354 g/mol. The van der Waals surface area contributed by atoms with Gasteiger partial charge in [-0.15, -0.1) is 0 Å². The SMILES string of the molecule is COc1cccc(OC)c1C(=O)Nc1ccc(NCCC2=CCCCC2)cn1. The summed E-state index contributed by atoms with van der Waals surface area (Å²) in [5, 5.41) is 6.18. The Balaban J connectivity index is 1.58. The Morgan fingerprint density at radius 3 is 2.50 bits per heavy atom. The highest BCUT2D eigenvalue weighted by Gasteiger charge is 2.18. The standard InChI is InChI=1S/C22H27N3O3/c1-27-18-9-6-10-19(28-2)21(18)22(26)25-20-12-11-17(15-24-20)23-14-13-16-7-4-3-5-8-16/h6-7,9-12,15,23H,3-5,8,13-14H2,1-2H3,(H,24,25,26). The highest BCUT2D eigenvalue weighted by molar-refractivity contribution is 6.07. The van der Waals surface area contributed by atoms with Gasteiger partial charge < -0.3 is 20.1 Å². The summed E-state index contributed by atoms with van der Waals surface area (Å²) in [5.41, 5.74) is 2.82. The average Bonchev–Trinajstić information content (AvgIpc) is 2.75. The minimum atomic E-state index is -0.327. The van der Waals surface area contributed by atoms with Crippen molar-refractivity contribution in [1.82, 2.24) is 4.98 Å².